The topological polar surface area (TPSA) is 30.2 Å². The van der Waals surface area contributed by atoms with E-state index in [1.807, 2.05) is 4.52 Å². The first kappa shape index (κ1) is 13.1. The number of aromatic nitrogens is 3. The molecule has 0 aliphatic heterocycles. The molecule has 2 rings (SSSR count). The summed E-state index contributed by atoms with van der Waals surface area (Å²) in [5.74, 6) is 2.23. The van der Waals surface area contributed by atoms with Gasteiger partial charge in [-0.25, -0.2) is 9.50 Å². The summed E-state index contributed by atoms with van der Waals surface area (Å²) in [5.41, 5.74) is 3.63. The Kier molecular flexibility index (Phi) is 3.42. The lowest BCUT2D eigenvalue weighted by Crippen LogP contribution is -2.08. The van der Waals surface area contributed by atoms with Crippen LogP contribution in [0.15, 0.2) is 12.3 Å². The van der Waals surface area contributed by atoms with Crippen LogP contribution in [0.5, 0.6) is 0 Å². The van der Waals surface area contributed by atoms with E-state index in [0.29, 0.717) is 17.8 Å². The van der Waals surface area contributed by atoms with E-state index in [1.54, 1.807) is 0 Å². The number of rotatable bonds is 3. The summed E-state index contributed by atoms with van der Waals surface area (Å²) < 4.78 is 2.01. The zero-order valence-corrected chi connectivity index (χ0v) is 12.2. The molecule has 0 radical (unpaired) electrons. The quantitative estimate of drug-likeness (QED) is 0.815. The van der Waals surface area contributed by atoms with Crippen molar-refractivity contribution in [3.05, 3.63) is 29.3 Å². The van der Waals surface area contributed by atoms with Crippen LogP contribution in [0.25, 0.3) is 5.52 Å². The van der Waals surface area contributed by atoms with Crippen LogP contribution in [0, 0.1) is 0 Å². The Hall–Kier alpha value is -1.38. The first-order valence-electron chi connectivity index (χ1n) is 6.80. The van der Waals surface area contributed by atoms with Crippen LogP contribution in [-0.2, 0) is 0 Å². The molecule has 3 heteroatoms. The van der Waals surface area contributed by atoms with Gasteiger partial charge in [0.2, 0.25) is 0 Å². The molecule has 0 spiro atoms. The minimum absolute atomic E-state index is 0.358. The van der Waals surface area contributed by atoms with Crippen LogP contribution in [0.4, 0.5) is 0 Å². The Balaban J connectivity index is 2.69. The lowest BCUT2D eigenvalue weighted by molar-refractivity contribution is 0.685. The molecule has 0 atom stereocenters. The molecule has 3 nitrogen and oxygen atoms in total. The Morgan fingerprint density at radius 3 is 2.11 bits per heavy atom. The van der Waals surface area contributed by atoms with Crippen LogP contribution < -0.4 is 0 Å². The lowest BCUT2D eigenvalue weighted by atomic mass is 10.1. The van der Waals surface area contributed by atoms with Crippen molar-refractivity contribution in [1.82, 2.24) is 14.6 Å². The van der Waals surface area contributed by atoms with Crippen molar-refractivity contribution in [3.8, 4) is 0 Å². The van der Waals surface area contributed by atoms with E-state index in [0.717, 1.165) is 17.0 Å². The molecule has 0 saturated heterocycles. The van der Waals surface area contributed by atoms with Crippen molar-refractivity contribution in [2.45, 2.75) is 59.3 Å². The van der Waals surface area contributed by atoms with E-state index in [-0.39, 0.29) is 0 Å². The Morgan fingerprint density at radius 1 is 0.944 bits per heavy atom. The normalized spacial score (nSPS) is 12.3. The van der Waals surface area contributed by atoms with E-state index < -0.39 is 0 Å². The predicted octanol–water partition coefficient (Wildman–Crippen LogP) is 4.10. The van der Waals surface area contributed by atoms with E-state index >= 15 is 0 Å². The predicted molar refractivity (Wildman–Crippen MR) is 75.3 cm³/mol. The van der Waals surface area contributed by atoms with Gasteiger partial charge in [-0.3, -0.25) is 0 Å². The third kappa shape index (κ3) is 2.26. The molecule has 0 aliphatic rings. The van der Waals surface area contributed by atoms with Gasteiger partial charge in [0.25, 0.3) is 0 Å². The molecule has 0 bridgehead atoms. The fourth-order valence-electron chi connectivity index (χ4n) is 2.04. The average Bonchev–Trinajstić information content (AvgIpc) is 2.70. The van der Waals surface area contributed by atoms with Crippen molar-refractivity contribution >= 4 is 5.52 Å². The smallest absolute Gasteiger partial charge is 0.152 e. The second-order valence-corrected chi connectivity index (χ2v) is 5.92. The van der Waals surface area contributed by atoms with Crippen molar-refractivity contribution in [2.24, 2.45) is 0 Å². The molecule has 0 fully saturated rings. The standard InChI is InChI=1S/C15H23N3/c1-9(2)12-7-13-14(10(3)4)16-15(11(5)6)17-18(13)8-12/h7-11H,1-6H3. The highest BCUT2D eigenvalue weighted by Gasteiger charge is 2.15. The van der Waals surface area contributed by atoms with Gasteiger partial charge in [0.15, 0.2) is 5.82 Å². The molecule has 0 amide bonds. The molecule has 98 valence electrons. The summed E-state index contributed by atoms with van der Waals surface area (Å²) in [5, 5.41) is 4.63. The maximum atomic E-state index is 4.74. The van der Waals surface area contributed by atoms with E-state index in [2.05, 4.69) is 58.9 Å². The largest absolute Gasteiger partial charge is 0.237 e. The molecule has 0 unspecified atom stereocenters. The molecule has 0 N–H and O–H groups in total. The van der Waals surface area contributed by atoms with Crippen LogP contribution in [-0.4, -0.2) is 14.6 Å². The van der Waals surface area contributed by atoms with Crippen molar-refractivity contribution in [3.63, 3.8) is 0 Å². The van der Waals surface area contributed by atoms with E-state index in [9.17, 15) is 0 Å². The highest BCUT2D eigenvalue weighted by molar-refractivity contribution is 5.55. The molecule has 2 aromatic rings. The summed E-state index contributed by atoms with van der Waals surface area (Å²) >= 11 is 0. The molecular weight excluding hydrogens is 222 g/mol. The van der Waals surface area contributed by atoms with Crippen molar-refractivity contribution in [1.29, 1.82) is 0 Å². The minimum atomic E-state index is 0.358. The zero-order chi connectivity index (χ0) is 13.4. The Bertz CT molecular complexity index is 550. The summed E-state index contributed by atoms with van der Waals surface area (Å²) in [7, 11) is 0. The third-order valence-corrected chi connectivity index (χ3v) is 3.26. The van der Waals surface area contributed by atoms with Gasteiger partial charge in [-0.15, -0.1) is 0 Å². The SMILES string of the molecule is CC(C)c1cc2c(C(C)C)nc(C(C)C)nn2c1. The fraction of sp³-hybridized carbons (Fsp3) is 0.600. The molecule has 18 heavy (non-hydrogen) atoms. The highest BCUT2D eigenvalue weighted by Crippen LogP contribution is 2.25. The fourth-order valence-corrected chi connectivity index (χ4v) is 2.04. The van der Waals surface area contributed by atoms with Crippen LogP contribution >= 0.6 is 0 Å². The van der Waals surface area contributed by atoms with Crippen LogP contribution in [0.3, 0.4) is 0 Å². The molecule has 2 aromatic heterocycles. The summed E-state index contributed by atoms with van der Waals surface area (Å²) in [6, 6.07) is 2.23. The molecule has 0 aromatic carbocycles. The number of fused-ring (bicyclic) bond motifs is 1. The first-order valence-corrected chi connectivity index (χ1v) is 6.80. The van der Waals surface area contributed by atoms with Gasteiger partial charge in [-0.2, -0.15) is 5.10 Å². The van der Waals surface area contributed by atoms with Crippen molar-refractivity contribution in [2.75, 3.05) is 0 Å². The monoisotopic (exact) mass is 245 g/mol. The molecule has 2 heterocycles. The van der Waals surface area contributed by atoms with Gasteiger partial charge in [0, 0.05) is 12.1 Å². The summed E-state index contributed by atoms with van der Waals surface area (Å²) in [4.78, 5) is 4.74. The molecule has 0 aliphatic carbocycles. The van der Waals surface area contributed by atoms with Crippen LogP contribution in [0.2, 0.25) is 0 Å². The minimum Gasteiger partial charge on any atom is -0.237 e. The maximum absolute atomic E-state index is 4.74. The molecule has 0 saturated carbocycles. The average molecular weight is 245 g/mol. The van der Waals surface area contributed by atoms with Gasteiger partial charge in [-0.05, 0) is 23.5 Å². The van der Waals surface area contributed by atoms with Crippen molar-refractivity contribution < 1.29 is 0 Å². The second-order valence-electron chi connectivity index (χ2n) is 5.92. The highest BCUT2D eigenvalue weighted by atomic mass is 15.2. The van der Waals surface area contributed by atoms with E-state index in [1.165, 1.54) is 5.56 Å². The number of hydrogen-bond donors (Lipinski definition) is 0. The van der Waals surface area contributed by atoms with E-state index in [4.69, 9.17) is 4.98 Å². The van der Waals surface area contributed by atoms with Gasteiger partial charge >= 0.3 is 0 Å². The summed E-state index contributed by atoms with van der Waals surface area (Å²) in [6.07, 6.45) is 2.14. The number of nitrogens with zero attached hydrogens (tertiary/aromatic N) is 3. The van der Waals surface area contributed by atoms with Gasteiger partial charge in [-0.1, -0.05) is 41.5 Å². The summed E-state index contributed by atoms with van der Waals surface area (Å²) in [6.45, 7) is 13.1. The Labute approximate surface area is 109 Å². The van der Waals surface area contributed by atoms with Crippen LogP contribution in [0.1, 0.15) is 76.4 Å². The van der Waals surface area contributed by atoms with Gasteiger partial charge in [0.05, 0.1) is 11.2 Å². The zero-order valence-electron chi connectivity index (χ0n) is 12.2. The lowest BCUT2D eigenvalue weighted by Gasteiger charge is -2.11. The molecular formula is C15H23N3. The third-order valence-electron chi connectivity index (χ3n) is 3.26. The Morgan fingerprint density at radius 2 is 1.61 bits per heavy atom. The van der Waals surface area contributed by atoms with Gasteiger partial charge < -0.3 is 0 Å². The maximum Gasteiger partial charge on any atom is 0.152 e. The second kappa shape index (κ2) is 4.71. The first-order chi connectivity index (χ1) is 8.40. The van der Waals surface area contributed by atoms with Gasteiger partial charge in [0.1, 0.15) is 0 Å². The number of hydrogen-bond acceptors (Lipinski definition) is 2.